The van der Waals surface area contributed by atoms with Crippen molar-refractivity contribution in [1.29, 1.82) is 0 Å². The quantitative estimate of drug-likeness (QED) is 0.356. The fourth-order valence-corrected chi connectivity index (χ4v) is 4.30. The van der Waals surface area contributed by atoms with Gasteiger partial charge in [0.05, 0.1) is 11.4 Å². The Hall–Kier alpha value is -3.16. The van der Waals surface area contributed by atoms with Gasteiger partial charge in [0.25, 0.3) is 0 Å². The zero-order valence-corrected chi connectivity index (χ0v) is 17.7. The smallest absolute Gasteiger partial charge is 0.196 e. The van der Waals surface area contributed by atoms with Crippen LogP contribution in [0.15, 0.2) is 78.5 Å². The van der Waals surface area contributed by atoms with E-state index in [4.69, 9.17) is 11.6 Å². The van der Waals surface area contributed by atoms with E-state index in [1.165, 1.54) is 0 Å². The van der Waals surface area contributed by atoms with E-state index in [-0.39, 0.29) is 0 Å². The summed E-state index contributed by atoms with van der Waals surface area (Å²) in [6.07, 6.45) is 7.54. The van der Waals surface area contributed by atoms with Crippen LogP contribution in [0.25, 0.3) is 22.7 Å². The van der Waals surface area contributed by atoms with E-state index in [1.54, 1.807) is 24.2 Å². The fourth-order valence-electron chi connectivity index (χ4n) is 3.30. The van der Waals surface area contributed by atoms with Crippen molar-refractivity contribution in [2.75, 3.05) is 0 Å². The summed E-state index contributed by atoms with van der Waals surface area (Å²) in [5.74, 6) is 1.43. The molecule has 0 saturated heterocycles. The maximum atomic E-state index is 6.42. The number of thioether (sulfide) groups is 1. The van der Waals surface area contributed by atoms with Crippen molar-refractivity contribution in [3.05, 3.63) is 89.6 Å². The molecule has 30 heavy (non-hydrogen) atoms. The molecule has 8 heteroatoms. The highest BCUT2D eigenvalue weighted by atomic mass is 35.5. The minimum Gasteiger partial charge on any atom is -0.307 e. The summed E-state index contributed by atoms with van der Waals surface area (Å²) in [5.41, 5.74) is 4.78. The van der Waals surface area contributed by atoms with Crippen LogP contribution in [0, 0.1) is 6.92 Å². The van der Waals surface area contributed by atoms with E-state index in [1.807, 2.05) is 72.2 Å². The largest absolute Gasteiger partial charge is 0.307 e. The topological polar surface area (TPSA) is 60.9 Å². The van der Waals surface area contributed by atoms with Crippen LogP contribution in [0.1, 0.15) is 11.3 Å². The summed E-state index contributed by atoms with van der Waals surface area (Å²) in [6.45, 7) is 2.00. The SMILES string of the molecule is Cc1c(Cl)cccc1-n1c(SCc2cn3ccccc3n2)nnc1-c1ccncc1. The number of aromatic nitrogens is 6. The Morgan fingerprint density at radius 2 is 1.87 bits per heavy atom. The van der Waals surface area contributed by atoms with Crippen LogP contribution in [0.5, 0.6) is 0 Å². The van der Waals surface area contributed by atoms with Crippen molar-refractivity contribution in [3.63, 3.8) is 0 Å². The first-order chi connectivity index (χ1) is 14.7. The summed E-state index contributed by atoms with van der Waals surface area (Å²) in [5, 5.41) is 10.5. The van der Waals surface area contributed by atoms with Crippen LogP contribution < -0.4 is 0 Å². The molecule has 5 rings (SSSR count). The maximum absolute atomic E-state index is 6.42. The molecular formula is C22H17ClN6S. The second-order valence-corrected chi connectivity index (χ2v) is 8.10. The van der Waals surface area contributed by atoms with Crippen LogP contribution in [-0.2, 0) is 5.75 Å². The Balaban J connectivity index is 1.56. The van der Waals surface area contributed by atoms with Gasteiger partial charge in [0, 0.05) is 41.1 Å². The molecule has 0 bridgehead atoms. The average Bonchev–Trinajstić information content (AvgIpc) is 3.38. The number of fused-ring (bicyclic) bond motifs is 1. The van der Waals surface area contributed by atoms with Gasteiger partial charge in [0.2, 0.25) is 0 Å². The Labute approximate surface area is 182 Å². The monoisotopic (exact) mass is 432 g/mol. The molecule has 6 nitrogen and oxygen atoms in total. The molecule has 1 aromatic carbocycles. The summed E-state index contributed by atoms with van der Waals surface area (Å²) >= 11 is 8.01. The van der Waals surface area contributed by atoms with Crippen molar-refractivity contribution in [2.24, 2.45) is 0 Å². The zero-order valence-electron chi connectivity index (χ0n) is 16.1. The van der Waals surface area contributed by atoms with Gasteiger partial charge in [-0.25, -0.2) is 4.98 Å². The molecule has 0 aliphatic carbocycles. The molecular weight excluding hydrogens is 416 g/mol. The first-order valence-electron chi connectivity index (χ1n) is 9.37. The van der Waals surface area contributed by atoms with Gasteiger partial charge in [-0.05, 0) is 48.9 Å². The van der Waals surface area contributed by atoms with Gasteiger partial charge < -0.3 is 4.40 Å². The lowest BCUT2D eigenvalue weighted by molar-refractivity contribution is 0.879. The molecule has 0 N–H and O–H groups in total. The Morgan fingerprint density at radius 3 is 2.70 bits per heavy atom. The van der Waals surface area contributed by atoms with Crippen molar-refractivity contribution < 1.29 is 0 Å². The van der Waals surface area contributed by atoms with E-state index in [0.717, 1.165) is 39.1 Å². The van der Waals surface area contributed by atoms with Gasteiger partial charge in [0.15, 0.2) is 11.0 Å². The highest BCUT2D eigenvalue weighted by molar-refractivity contribution is 7.98. The molecule has 0 atom stereocenters. The van der Waals surface area contributed by atoms with Crippen LogP contribution in [0.4, 0.5) is 0 Å². The van der Waals surface area contributed by atoms with E-state index in [0.29, 0.717) is 10.8 Å². The van der Waals surface area contributed by atoms with Crippen LogP contribution in [0.2, 0.25) is 5.02 Å². The molecule has 4 aromatic heterocycles. The number of pyridine rings is 2. The maximum Gasteiger partial charge on any atom is 0.196 e. The molecule has 0 amide bonds. The number of hydrogen-bond acceptors (Lipinski definition) is 5. The predicted octanol–water partition coefficient (Wildman–Crippen LogP) is 5.23. The summed E-state index contributed by atoms with van der Waals surface area (Å²) in [7, 11) is 0. The van der Waals surface area contributed by atoms with Crippen molar-refractivity contribution >= 4 is 29.0 Å². The van der Waals surface area contributed by atoms with Gasteiger partial charge >= 0.3 is 0 Å². The number of imidazole rings is 1. The highest BCUT2D eigenvalue weighted by Crippen LogP contribution is 2.32. The molecule has 5 aromatic rings. The molecule has 0 fully saturated rings. The second kappa shape index (κ2) is 7.93. The third kappa shape index (κ3) is 3.46. The first-order valence-corrected chi connectivity index (χ1v) is 10.7. The zero-order chi connectivity index (χ0) is 20.5. The lowest BCUT2D eigenvalue weighted by Crippen LogP contribution is -2.02. The minimum absolute atomic E-state index is 0.676. The van der Waals surface area contributed by atoms with E-state index in [2.05, 4.69) is 24.7 Å². The number of rotatable bonds is 5. The van der Waals surface area contributed by atoms with Gasteiger partial charge in [-0.2, -0.15) is 0 Å². The molecule has 148 valence electrons. The van der Waals surface area contributed by atoms with E-state index in [9.17, 15) is 0 Å². The number of halogens is 1. The van der Waals surface area contributed by atoms with E-state index >= 15 is 0 Å². The minimum atomic E-state index is 0.676. The second-order valence-electron chi connectivity index (χ2n) is 6.75. The Kier molecular flexibility index (Phi) is 4.98. The first kappa shape index (κ1) is 18.8. The van der Waals surface area contributed by atoms with Crippen LogP contribution in [-0.4, -0.2) is 29.1 Å². The van der Waals surface area contributed by atoms with E-state index < -0.39 is 0 Å². The number of benzene rings is 1. The lowest BCUT2D eigenvalue weighted by Gasteiger charge is -2.13. The molecule has 4 heterocycles. The summed E-state index contributed by atoms with van der Waals surface area (Å²) < 4.78 is 4.07. The normalized spacial score (nSPS) is 11.3. The lowest BCUT2D eigenvalue weighted by atomic mass is 10.2. The fraction of sp³-hybridized carbons (Fsp3) is 0.0909. The molecule has 0 aliphatic heterocycles. The van der Waals surface area contributed by atoms with Gasteiger partial charge in [0.1, 0.15) is 5.65 Å². The average molecular weight is 433 g/mol. The van der Waals surface area contributed by atoms with Gasteiger partial charge in [-0.3, -0.25) is 9.55 Å². The van der Waals surface area contributed by atoms with Crippen LogP contribution >= 0.6 is 23.4 Å². The third-order valence-electron chi connectivity index (χ3n) is 4.81. The summed E-state index contributed by atoms with van der Waals surface area (Å²) in [4.78, 5) is 8.80. The molecule has 0 aliphatic rings. The third-order valence-corrected chi connectivity index (χ3v) is 6.19. The Morgan fingerprint density at radius 1 is 1.00 bits per heavy atom. The molecule has 0 spiro atoms. The van der Waals surface area contributed by atoms with Crippen molar-refractivity contribution in [2.45, 2.75) is 17.8 Å². The number of hydrogen-bond donors (Lipinski definition) is 0. The summed E-state index contributed by atoms with van der Waals surface area (Å²) in [6, 6.07) is 15.7. The predicted molar refractivity (Wildman–Crippen MR) is 119 cm³/mol. The van der Waals surface area contributed by atoms with Crippen molar-refractivity contribution in [1.82, 2.24) is 29.1 Å². The molecule has 0 saturated carbocycles. The molecule has 0 radical (unpaired) electrons. The molecule has 0 unspecified atom stereocenters. The van der Waals surface area contributed by atoms with Crippen LogP contribution in [0.3, 0.4) is 0 Å². The van der Waals surface area contributed by atoms with Gasteiger partial charge in [-0.15, -0.1) is 10.2 Å². The highest BCUT2D eigenvalue weighted by Gasteiger charge is 2.19. The van der Waals surface area contributed by atoms with Gasteiger partial charge in [-0.1, -0.05) is 35.5 Å². The Bertz CT molecular complexity index is 1300. The van der Waals surface area contributed by atoms with Crippen molar-refractivity contribution in [3.8, 4) is 17.1 Å². The standard InChI is InChI=1S/C22H17ClN6S/c1-15-18(23)5-4-6-19(15)29-21(16-8-10-24-11-9-16)26-27-22(29)30-14-17-13-28-12-3-2-7-20(28)25-17/h2-13H,14H2,1H3. The number of nitrogens with zero attached hydrogens (tertiary/aromatic N) is 6.